The predicted octanol–water partition coefficient (Wildman–Crippen LogP) is -1.07. The standard InChI is InChI=1S/C14H25N3O5S/c1-8(18)11(14(21)22)17-13(20)10(5-7-23-2)16-12(19)9-4-3-6-15-9/h8-11,15,18H,3-7H2,1-2H3,(H,16,19)(H,17,20)(H,21,22). The quantitative estimate of drug-likeness (QED) is 0.359. The van der Waals surface area contributed by atoms with E-state index in [0.29, 0.717) is 18.6 Å². The average Bonchev–Trinajstić information content (AvgIpc) is 3.02. The van der Waals surface area contributed by atoms with Crippen molar-refractivity contribution in [3.8, 4) is 0 Å². The molecule has 1 heterocycles. The van der Waals surface area contributed by atoms with Crippen molar-refractivity contribution >= 4 is 29.5 Å². The van der Waals surface area contributed by atoms with E-state index in [2.05, 4.69) is 16.0 Å². The van der Waals surface area contributed by atoms with Crippen molar-refractivity contribution < 1.29 is 24.6 Å². The molecule has 4 atom stereocenters. The van der Waals surface area contributed by atoms with Gasteiger partial charge in [-0.3, -0.25) is 9.59 Å². The minimum absolute atomic E-state index is 0.257. The number of hydrogen-bond acceptors (Lipinski definition) is 6. The molecule has 0 aromatic heterocycles. The molecule has 23 heavy (non-hydrogen) atoms. The van der Waals surface area contributed by atoms with E-state index >= 15 is 0 Å². The summed E-state index contributed by atoms with van der Waals surface area (Å²) >= 11 is 1.53. The number of aliphatic carboxylic acids is 1. The highest BCUT2D eigenvalue weighted by Gasteiger charge is 2.31. The summed E-state index contributed by atoms with van der Waals surface area (Å²) in [5, 5.41) is 26.5. The number of carboxylic acids is 1. The monoisotopic (exact) mass is 347 g/mol. The average molecular weight is 347 g/mol. The van der Waals surface area contributed by atoms with Crippen molar-refractivity contribution in [1.29, 1.82) is 0 Å². The molecule has 2 amide bonds. The number of carbonyl (C=O) groups is 3. The molecule has 8 nitrogen and oxygen atoms in total. The molecule has 0 saturated carbocycles. The van der Waals surface area contributed by atoms with Crippen molar-refractivity contribution in [1.82, 2.24) is 16.0 Å². The van der Waals surface area contributed by atoms with E-state index in [1.54, 1.807) is 0 Å². The third kappa shape index (κ3) is 6.36. The first-order valence-electron chi connectivity index (χ1n) is 7.60. The Kier molecular flexibility index (Phi) is 8.35. The van der Waals surface area contributed by atoms with Gasteiger partial charge in [-0.1, -0.05) is 0 Å². The van der Waals surface area contributed by atoms with Gasteiger partial charge in [0.05, 0.1) is 12.1 Å². The van der Waals surface area contributed by atoms with Crippen molar-refractivity contribution in [2.45, 2.75) is 50.4 Å². The van der Waals surface area contributed by atoms with Gasteiger partial charge in [-0.15, -0.1) is 0 Å². The zero-order valence-corrected chi connectivity index (χ0v) is 14.2. The van der Waals surface area contributed by atoms with E-state index < -0.39 is 30.1 Å². The van der Waals surface area contributed by atoms with Crippen LogP contribution in [-0.4, -0.2) is 70.8 Å². The van der Waals surface area contributed by atoms with E-state index in [9.17, 15) is 19.5 Å². The summed E-state index contributed by atoms with van der Waals surface area (Å²) in [6.07, 6.45) is 2.66. The van der Waals surface area contributed by atoms with Crippen molar-refractivity contribution in [2.24, 2.45) is 0 Å². The van der Waals surface area contributed by atoms with Crippen LogP contribution in [0.5, 0.6) is 0 Å². The first-order chi connectivity index (χ1) is 10.9. The summed E-state index contributed by atoms with van der Waals surface area (Å²) in [4.78, 5) is 35.5. The van der Waals surface area contributed by atoms with Crippen LogP contribution in [0.25, 0.3) is 0 Å². The van der Waals surface area contributed by atoms with Gasteiger partial charge in [-0.25, -0.2) is 4.79 Å². The van der Waals surface area contributed by atoms with E-state index in [1.165, 1.54) is 18.7 Å². The van der Waals surface area contributed by atoms with Gasteiger partial charge < -0.3 is 26.2 Å². The maximum Gasteiger partial charge on any atom is 0.328 e. The van der Waals surface area contributed by atoms with Crippen molar-refractivity contribution in [3.63, 3.8) is 0 Å². The number of thioether (sulfide) groups is 1. The molecule has 5 N–H and O–H groups in total. The molecule has 0 aromatic carbocycles. The fraction of sp³-hybridized carbons (Fsp3) is 0.786. The molecule has 132 valence electrons. The molecule has 9 heteroatoms. The Bertz CT molecular complexity index is 427. The van der Waals surface area contributed by atoms with Gasteiger partial charge in [0, 0.05) is 0 Å². The lowest BCUT2D eigenvalue weighted by atomic mass is 10.1. The molecular weight excluding hydrogens is 322 g/mol. The van der Waals surface area contributed by atoms with E-state index in [-0.39, 0.29) is 11.9 Å². The molecule has 0 aromatic rings. The second-order valence-electron chi connectivity index (χ2n) is 5.56. The van der Waals surface area contributed by atoms with E-state index in [4.69, 9.17) is 5.11 Å². The Morgan fingerprint density at radius 2 is 2.04 bits per heavy atom. The summed E-state index contributed by atoms with van der Waals surface area (Å²) in [5.41, 5.74) is 0. The van der Waals surface area contributed by atoms with Crippen LogP contribution in [0.15, 0.2) is 0 Å². The molecule has 0 radical (unpaired) electrons. The predicted molar refractivity (Wildman–Crippen MR) is 87.2 cm³/mol. The molecule has 4 unspecified atom stereocenters. The number of carbonyl (C=O) groups excluding carboxylic acids is 2. The van der Waals surface area contributed by atoms with Crippen LogP contribution in [0.1, 0.15) is 26.2 Å². The fourth-order valence-electron chi connectivity index (χ4n) is 2.33. The molecular formula is C14H25N3O5S. The molecule has 0 aliphatic carbocycles. The van der Waals surface area contributed by atoms with Crippen LogP contribution in [0.2, 0.25) is 0 Å². The van der Waals surface area contributed by atoms with E-state index in [0.717, 1.165) is 13.0 Å². The number of rotatable bonds is 9. The summed E-state index contributed by atoms with van der Waals surface area (Å²) in [5.74, 6) is -1.53. The van der Waals surface area contributed by atoms with Crippen LogP contribution >= 0.6 is 11.8 Å². The van der Waals surface area contributed by atoms with Gasteiger partial charge in [0.25, 0.3) is 0 Å². The molecule has 1 aliphatic rings. The highest BCUT2D eigenvalue weighted by Crippen LogP contribution is 2.07. The zero-order valence-electron chi connectivity index (χ0n) is 13.4. The lowest BCUT2D eigenvalue weighted by Gasteiger charge is -2.23. The Morgan fingerprint density at radius 3 is 2.52 bits per heavy atom. The normalized spacial score (nSPS) is 21.3. The van der Waals surface area contributed by atoms with Crippen LogP contribution < -0.4 is 16.0 Å². The summed E-state index contributed by atoms with van der Waals surface area (Å²) in [7, 11) is 0. The molecule has 0 spiro atoms. The molecule has 1 saturated heterocycles. The van der Waals surface area contributed by atoms with Crippen LogP contribution in [-0.2, 0) is 14.4 Å². The smallest absolute Gasteiger partial charge is 0.328 e. The SMILES string of the molecule is CSCCC(NC(=O)C1CCCN1)C(=O)NC(C(=O)O)C(C)O. The lowest BCUT2D eigenvalue weighted by molar-refractivity contribution is -0.145. The van der Waals surface area contributed by atoms with Gasteiger partial charge in [-0.2, -0.15) is 11.8 Å². The summed E-state index contributed by atoms with van der Waals surface area (Å²) in [6.45, 7) is 2.06. The van der Waals surface area contributed by atoms with Crippen molar-refractivity contribution in [3.05, 3.63) is 0 Å². The minimum Gasteiger partial charge on any atom is -0.480 e. The Morgan fingerprint density at radius 1 is 1.35 bits per heavy atom. The van der Waals surface area contributed by atoms with Crippen molar-refractivity contribution in [2.75, 3.05) is 18.6 Å². The minimum atomic E-state index is -1.40. The second kappa shape index (κ2) is 9.74. The largest absolute Gasteiger partial charge is 0.480 e. The maximum atomic E-state index is 12.3. The molecule has 1 aliphatic heterocycles. The number of amides is 2. The first-order valence-corrected chi connectivity index (χ1v) is 9.00. The lowest BCUT2D eigenvalue weighted by Crippen LogP contribution is -2.56. The zero-order chi connectivity index (χ0) is 17.4. The maximum absolute atomic E-state index is 12.3. The van der Waals surface area contributed by atoms with Gasteiger partial charge in [0.1, 0.15) is 6.04 Å². The molecule has 0 bridgehead atoms. The Hall–Kier alpha value is -1.32. The van der Waals surface area contributed by atoms with Gasteiger partial charge >= 0.3 is 5.97 Å². The Balaban J connectivity index is 2.68. The first kappa shape index (κ1) is 19.7. The third-order valence-electron chi connectivity index (χ3n) is 3.67. The third-order valence-corrected chi connectivity index (χ3v) is 4.31. The fourth-order valence-corrected chi connectivity index (χ4v) is 2.80. The second-order valence-corrected chi connectivity index (χ2v) is 6.54. The van der Waals surface area contributed by atoms with Crippen LogP contribution in [0, 0.1) is 0 Å². The van der Waals surface area contributed by atoms with Crippen LogP contribution in [0.4, 0.5) is 0 Å². The number of aliphatic hydroxyl groups excluding tert-OH is 1. The number of hydrogen-bond donors (Lipinski definition) is 5. The molecule has 1 rings (SSSR count). The number of nitrogens with one attached hydrogen (secondary N) is 3. The number of carboxylic acid groups (broad SMARTS) is 1. The topological polar surface area (TPSA) is 128 Å². The van der Waals surface area contributed by atoms with Gasteiger partial charge in [0.2, 0.25) is 11.8 Å². The highest BCUT2D eigenvalue weighted by atomic mass is 32.2. The van der Waals surface area contributed by atoms with Crippen LogP contribution in [0.3, 0.4) is 0 Å². The summed E-state index contributed by atoms with van der Waals surface area (Å²) < 4.78 is 0. The van der Waals surface area contributed by atoms with Gasteiger partial charge in [-0.05, 0) is 44.7 Å². The number of aliphatic hydroxyl groups is 1. The van der Waals surface area contributed by atoms with E-state index in [1.807, 2.05) is 6.26 Å². The van der Waals surface area contributed by atoms with Gasteiger partial charge in [0.15, 0.2) is 6.04 Å². The molecule has 1 fully saturated rings. The highest BCUT2D eigenvalue weighted by molar-refractivity contribution is 7.98. The Labute approximate surface area is 139 Å². The summed E-state index contributed by atoms with van der Waals surface area (Å²) in [6, 6.07) is -2.54.